The maximum atomic E-state index is 13.3. The summed E-state index contributed by atoms with van der Waals surface area (Å²) in [5.74, 6) is 0.0845. The van der Waals surface area contributed by atoms with Crippen LogP contribution in [0.2, 0.25) is 0 Å². The van der Waals surface area contributed by atoms with Gasteiger partial charge in [-0.1, -0.05) is 30.3 Å². The molecule has 2 aromatic carbocycles. The summed E-state index contributed by atoms with van der Waals surface area (Å²) in [4.78, 5) is 25.6. The zero-order valence-electron chi connectivity index (χ0n) is 18.9. The highest BCUT2D eigenvalue weighted by Gasteiger charge is 2.30. The van der Waals surface area contributed by atoms with Gasteiger partial charge in [0.1, 0.15) is 6.33 Å². The number of rotatable bonds is 6. The molecule has 0 aliphatic carbocycles. The van der Waals surface area contributed by atoms with Crippen LogP contribution in [0.5, 0.6) is 0 Å². The summed E-state index contributed by atoms with van der Waals surface area (Å²) in [7, 11) is 3.97. The van der Waals surface area contributed by atoms with E-state index in [0.717, 1.165) is 40.8 Å². The Morgan fingerprint density at radius 2 is 1.81 bits per heavy atom. The van der Waals surface area contributed by atoms with Crippen molar-refractivity contribution in [2.75, 3.05) is 32.1 Å². The second-order valence-electron chi connectivity index (χ2n) is 8.32. The smallest absolute Gasteiger partial charge is 0.254 e. The first-order valence-electron chi connectivity index (χ1n) is 11.1. The number of carbonyl (C=O) groups excluding carboxylic acids is 1. The Morgan fingerprint density at radius 3 is 2.50 bits per heavy atom. The Bertz CT molecular complexity index is 1040. The molecule has 2 heterocycles. The Morgan fingerprint density at radius 1 is 1.06 bits per heavy atom. The van der Waals surface area contributed by atoms with E-state index in [0.29, 0.717) is 13.2 Å². The molecule has 1 fully saturated rings. The monoisotopic (exact) mass is 430 g/mol. The van der Waals surface area contributed by atoms with Gasteiger partial charge in [0.2, 0.25) is 0 Å². The van der Waals surface area contributed by atoms with E-state index in [1.54, 1.807) is 0 Å². The van der Waals surface area contributed by atoms with Crippen LogP contribution in [0, 0.1) is 0 Å². The summed E-state index contributed by atoms with van der Waals surface area (Å²) in [6.45, 7) is 3.37. The zero-order valence-corrected chi connectivity index (χ0v) is 18.9. The van der Waals surface area contributed by atoms with Gasteiger partial charge in [-0.3, -0.25) is 4.79 Å². The van der Waals surface area contributed by atoms with Gasteiger partial charge in [0.15, 0.2) is 0 Å². The molecule has 6 heteroatoms. The number of ether oxygens (including phenoxy) is 1. The van der Waals surface area contributed by atoms with E-state index < -0.39 is 0 Å². The first-order chi connectivity index (χ1) is 15.6. The first-order valence-corrected chi connectivity index (χ1v) is 11.1. The predicted molar refractivity (Wildman–Crippen MR) is 127 cm³/mol. The largest absolute Gasteiger partial charge is 0.378 e. The van der Waals surface area contributed by atoms with Crippen molar-refractivity contribution in [1.29, 1.82) is 0 Å². The summed E-state index contributed by atoms with van der Waals surface area (Å²) in [5, 5.41) is 0. The molecule has 4 rings (SSSR count). The van der Waals surface area contributed by atoms with E-state index in [4.69, 9.17) is 4.74 Å². The molecule has 1 amide bonds. The fourth-order valence-electron chi connectivity index (χ4n) is 4.28. The molecule has 0 unspecified atom stereocenters. The summed E-state index contributed by atoms with van der Waals surface area (Å²) in [6.07, 6.45) is 6.77. The van der Waals surface area contributed by atoms with E-state index in [2.05, 4.69) is 41.2 Å². The van der Waals surface area contributed by atoms with Gasteiger partial charge in [-0.05, 0) is 49.1 Å². The number of amides is 1. The molecule has 1 aromatic heterocycles. The highest BCUT2D eigenvalue weighted by Crippen LogP contribution is 2.32. The van der Waals surface area contributed by atoms with Crippen molar-refractivity contribution in [1.82, 2.24) is 14.9 Å². The number of hydrogen-bond acceptors (Lipinski definition) is 5. The van der Waals surface area contributed by atoms with E-state index in [1.807, 2.05) is 60.6 Å². The third kappa shape index (κ3) is 4.81. The average molecular weight is 431 g/mol. The number of aromatic nitrogens is 2. The van der Waals surface area contributed by atoms with Gasteiger partial charge in [0, 0.05) is 62.5 Å². The normalized spacial score (nSPS) is 18.2. The Labute approximate surface area is 189 Å². The zero-order chi connectivity index (χ0) is 22.5. The average Bonchev–Trinajstić information content (AvgIpc) is 2.85. The second kappa shape index (κ2) is 9.92. The van der Waals surface area contributed by atoms with Crippen molar-refractivity contribution in [3.05, 3.63) is 78.4 Å². The maximum absolute atomic E-state index is 13.3. The van der Waals surface area contributed by atoms with Crippen molar-refractivity contribution in [2.24, 2.45) is 0 Å². The highest BCUT2D eigenvalue weighted by molar-refractivity contribution is 5.95. The van der Waals surface area contributed by atoms with Crippen molar-refractivity contribution in [2.45, 2.75) is 31.9 Å². The molecular formula is C26H30N4O2. The fourth-order valence-corrected chi connectivity index (χ4v) is 4.28. The van der Waals surface area contributed by atoms with Crippen LogP contribution in [0.15, 0.2) is 67.3 Å². The standard InChI is InChI=1S/C26H30N4O2/c1-4-30(26(31)21-6-5-7-23(14-21)29(2)3)24-12-13-32-25(15-24)20-10-8-19(9-11-20)22-16-27-18-28-17-22/h5-11,14,16-18,24-25H,4,12-13,15H2,1-3H3/t24-,25+/m0/s1. The minimum atomic E-state index is -0.0233. The molecule has 0 radical (unpaired) electrons. The minimum Gasteiger partial charge on any atom is -0.378 e. The molecule has 0 N–H and O–H groups in total. The molecule has 1 aliphatic heterocycles. The molecule has 1 saturated heterocycles. The fraction of sp³-hybridized carbons (Fsp3) is 0.346. The lowest BCUT2D eigenvalue weighted by Gasteiger charge is -2.37. The Hall–Kier alpha value is -3.25. The number of carbonyl (C=O) groups is 1. The maximum Gasteiger partial charge on any atom is 0.254 e. The number of hydrogen-bond donors (Lipinski definition) is 0. The van der Waals surface area contributed by atoms with Gasteiger partial charge in [0.25, 0.3) is 5.91 Å². The molecular weight excluding hydrogens is 400 g/mol. The lowest BCUT2D eigenvalue weighted by Crippen LogP contribution is -2.44. The SMILES string of the molecule is CCN(C(=O)c1cccc(N(C)C)c1)[C@H]1CCO[C@@H](c2ccc(-c3cncnc3)cc2)C1. The van der Waals surface area contributed by atoms with Crippen LogP contribution in [0.1, 0.15) is 41.8 Å². The second-order valence-corrected chi connectivity index (χ2v) is 8.32. The predicted octanol–water partition coefficient (Wildman–Crippen LogP) is 4.59. The van der Waals surface area contributed by atoms with E-state index in [-0.39, 0.29) is 18.1 Å². The van der Waals surface area contributed by atoms with E-state index in [1.165, 1.54) is 6.33 Å². The van der Waals surface area contributed by atoms with Gasteiger partial charge in [-0.15, -0.1) is 0 Å². The molecule has 0 spiro atoms. The van der Waals surface area contributed by atoms with Crippen LogP contribution in [0.3, 0.4) is 0 Å². The van der Waals surface area contributed by atoms with Crippen LogP contribution < -0.4 is 4.90 Å². The van der Waals surface area contributed by atoms with Gasteiger partial charge >= 0.3 is 0 Å². The van der Waals surface area contributed by atoms with E-state index >= 15 is 0 Å². The molecule has 0 bridgehead atoms. The lowest BCUT2D eigenvalue weighted by atomic mass is 9.94. The van der Waals surface area contributed by atoms with Crippen LogP contribution in [0.25, 0.3) is 11.1 Å². The minimum absolute atomic E-state index is 0.0233. The van der Waals surface area contributed by atoms with Crippen LogP contribution in [-0.4, -0.2) is 54.1 Å². The third-order valence-corrected chi connectivity index (χ3v) is 6.08. The van der Waals surface area contributed by atoms with Gasteiger partial charge in [-0.25, -0.2) is 9.97 Å². The van der Waals surface area contributed by atoms with Crippen molar-refractivity contribution >= 4 is 11.6 Å². The first kappa shape index (κ1) is 22.0. The molecule has 6 nitrogen and oxygen atoms in total. The molecule has 0 saturated carbocycles. The third-order valence-electron chi connectivity index (χ3n) is 6.08. The van der Waals surface area contributed by atoms with Crippen LogP contribution >= 0.6 is 0 Å². The molecule has 166 valence electrons. The summed E-state index contributed by atoms with van der Waals surface area (Å²) < 4.78 is 6.10. The highest BCUT2D eigenvalue weighted by atomic mass is 16.5. The molecule has 2 atom stereocenters. The van der Waals surface area contributed by atoms with Crippen molar-refractivity contribution in [3.8, 4) is 11.1 Å². The summed E-state index contributed by atoms with van der Waals surface area (Å²) in [6, 6.07) is 16.4. The van der Waals surface area contributed by atoms with Gasteiger partial charge in [0.05, 0.1) is 6.10 Å². The summed E-state index contributed by atoms with van der Waals surface area (Å²) in [5.41, 5.74) is 4.96. The quantitative estimate of drug-likeness (QED) is 0.572. The van der Waals surface area contributed by atoms with Crippen molar-refractivity contribution < 1.29 is 9.53 Å². The number of anilines is 1. The topological polar surface area (TPSA) is 58.6 Å². The Balaban J connectivity index is 1.49. The number of benzene rings is 2. The van der Waals surface area contributed by atoms with Crippen molar-refractivity contribution in [3.63, 3.8) is 0 Å². The molecule has 32 heavy (non-hydrogen) atoms. The molecule has 1 aliphatic rings. The lowest BCUT2D eigenvalue weighted by molar-refractivity contribution is -0.0231. The van der Waals surface area contributed by atoms with Gasteiger partial charge < -0.3 is 14.5 Å². The Kier molecular flexibility index (Phi) is 6.81. The van der Waals surface area contributed by atoms with Gasteiger partial charge in [-0.2, -0.15) is 0 Å². The summed E-state index contributed by atoms with van der Waals surface area (Å²) >= 11 is 0. The molecule has 3 aromatic rings. The van der Waals surface area contributed by atoms with E-state index in [9.17, 15) is 4.79 Å². The number of nitrogens with zero attached hydrogens (tertiary/aromatic N) is 4. The van der Waals surface area contributed by atoms with Crippen LogP contribution in [0.4, 0.5) is 5.69 Å². The van der Waals surface area contributed by atoms with Crippen LogP contribution in [-0.2, 0) is 4.74 Å².